The number of nitrogens with one attached hydrogen (secondary N) is 4. The highest BCUT2D eigenvalue weighted by Gasteiger charge is 2.25. The van der Waals surface area contributed by atoms with E-state index in [1.165, 1.54) is 26.4 Å². The molecule has 1 aliphatic carbocycles. The first kappa shape index (κ1) is 21.7. The Balaban J connectivity index is 1.38. The smallest absolute Gasteiger partial charge is 0.411 e. The summed E-state index contributed by atoms with van der Waals surface area (Å²) in [6, 6.07) is 6.92. The molecule has 5 amide bonds. The van der Waals surface area contributed by atoms with E-state index in [1.54, 1.807) is 29.2 Å². The van der Waals surface area contributed by atoms with Gasteiger partial charge in [0.1, 0.15) is 0 Å². The Labute approximate surface area is 176 Å². The summed E-state index contributed by atoms with van der Waals surface area (Å²) in [7, 11) is 1.30. The zero-order valence-corrected chi connectivity index (χ0v) is 17.4. The monoisotopic (exact) mass is 417 g/mol. The van der Waals surface area contributed by atoms with Crippen LogP contribution in [0.1, 0.15) is 44.9 Å². The van der Waals surface area contributed by atoms with Crippen LogP contribution in [0.3, 0.4) is 0 Å². The summed E-state index contributed by atoms with van der Waals surface area (Å²) in [5.41, 5.74) is 1.22. The molecule has 1 heterocycles. The van der Waals surface area contributed by atoms with Crippen LogP contribution in [-0.4, -0.2) is 55.3 Å². The maximum Gasteiger partial charge on any atom is 0.411 e. The van der Waals surface area contributed by atoms with Crippen molar-refractivity contribution in [2.45, 2.75) is 57.0 Å². The normalized spacial score (nSPS) is 17.7. The number of ether oxygens (including phenoxy) is 1. The number of nitrogens with zero attached hydrogens (tertiary/aromatic N) is 1. The molecule has 164 valence electrons. The number of urea groups is 2. The number of hydrogen-bond acceptors (Lipinski definition) is 4. The van der Waals surface area contributed by atoms with Crippen molar-refractivity contribution in [1.29, 1.82) is 0 Å². The molecule has 0 spiro atoms. The van der Waals surface area contributed by atoms with Crippen molar-refractivity contribution >= 4 is 29.5 Å². The van der Waals surface area contributed by atoms with Gasteiger partial charge in [-0.3, -0.25) is 5.32 Å². The number of methoxy groups -OCH3 is 1. The highest BCUT2D eigenvalue weighted by Crippen LogP contribution is 2.18. The zero-order valence-electron chi connectivity index (χ0n) is 17.4. The fourth-order valence-electron chi connectivity index (χ4n) is 3.89. The van der Waals surface area contributed by atoms with E-state index in [2.05, 4.69) is 26.0 Å². The molecular formula is C21H31N5O4. The Morgan fingerprint density at radius 3 is 1.93 bits per heavy atom. The maximum absolute atomic E-state index is 12.5. The van der Waals surface area contributed by atoms with Gasteiger partial charge in [-0.2, -0.15) is 0 Å². The van der Waals surface area contributed by atoms with Crippen LogP contribution in [0.5, 0.6) is 0 Å². The topological polar surface area (TPSA) is 112 Å². The van der Waals surface area contributed by atoms with E-state index >= 15 is 0 Å². The van der Waals surface area contributed by atoms with Gasteiger partial charge >= 0.3 is 18.2 Å². The van der Waals surface area contributed by atoms with Gasteiger partial charge in [-0.1, -0.05) is 19.3 Å². The van der Waals surface area contributed by atoms with Crippen molar-refractivity contribution in [1.82, 2.24) is 15.5 Å². The highest BCUT2D eigenvalue weighted by molar-refractivity contribution is 5.90. The molecule has 9 heteroatoms. The van der Waals surface area contributed by atoms with Crippen molar-refractivity contribution in [2.75, 3.05) is 30.8 Å². The molecule has 0 aromatic heterocycles. The minimum atomic E-state index is -0.546. The average Bonchev–Trinajstić information content (AvgIpc) is 2.76. The summed E-state index contributed by atoms with van der Waals surface area (Å²) in [4.78, 5) is 37.6. The molecule has 0 atom stereocenters. The summed E-state index contributed by atoms with van der Waals surface area (Å²) in [5, 5.41) is 11.5. The lowest BCUT2D eigenvalue weighted by Crippen LogP contribution is -2.51. The van der Waals surface area contributed by atoms with Crippen LogP contribution in [0.4, 0.5) is 25.8 Å². The SMILES string of the molecule is COC(=O)Nc1ccc(NC(=O)N2CCC(NC(=O)NC3CCCCC3)CC2)cc1. The van der Waals surface area contributed by atoms with Gasteiger partial charge in [0.25, 0.3) is 0 Å². The molecule has 0 unspecified atom stereocenters. The van der Waals surface area contributed by atoms with E-state index in [0.717, 1.165) is 25.7 Å². The fraction of sp³-hybridized carbons (Fsp3) is 0.571. The summed E-state index contributed by atoms with van der Waals surface area (Å²) in [6.45, 7) is 1.17. The van der Waals surface area contributed by atoms with Gasteiger partial charge in [0.15, 0.2) is 0 Å². The van der Waals surface area contributed by atoms with E-state index in [-0.39, 0.29) is 18.1 Å². The minimum absolute atomic E-state index is 0.0846. The molecule has 1 aromatic rings. The number of rotatable bonds is 4. The van der Waals surface area contributed by atoms with Crippen molar-refractivity contribution < 1.29 is 19.1 Å². The van der Waals surface area contributed by atoms with Crippen molar-refractivity contribution in [3.63, 3.8) is 0 Å². The summed E-state index contributed by atoms with van der Waals surface area (Å²) in [5.74, 6) is 0. The fourth-order valence-corrected chi connectivity index (χ4v) is 3.89. The molecule has 1 aromatic carbocycles. The second kappa shape index (κ2) is 10.7. The third-order valence-electron chi connectivity index (χ3n) is 5.63. The second-order valence-corrected chi connectivity index (χ2v) is 7.84. The van der Waals surface area contributed by atoms with E-state index in [9.17, 15) is 14.4 Å². The molecule has 30 heavy (non-hydrogen) atoms. The number of amides is 5. The Morgan fingerprint density at radius 1 is 0.833 bits per heavy atom. The van der Waals surface area contributed by atoms with Crippen LogP contribution in [0.25, 0.3) is 0 Å². The maximum atomic E-state index is 12.5. The predicted molar refractivity (Wildman–Crippen MR) is 115 cm³/mol. The molecule has 0 bridgehead atoms. The predicted octanol–water partition coefficient (Wildman–Crippen LogP) is 3.49. The molecule has 2 aliphatic rings. The van der Waals surface area contributed by atoms with Gasteiger partial charge in [0, 0.05) is 36.5 Å². The zero-order chi connectivity index (χ0) is 21.3. The van der Waals surface area contributed by atoms with E-state index < -0.39 is 6.09 Å². The van der Waals surface area contributed by atoms with Gasteiger partial charge in [-0.25, -0.2) is 14.4 Å². The van der Waals surface area contributed by atoms with Crippen LogP contribution in [-0.2, 0) is 4.74 Å². The van der Waals surface area contributed by atoms with Gasteiger partial charge in [0.05, 0.1) is 7.11 Å². The standard InChI is InChI=1S/C21H31N5O4/c1-30-21(29)25-17-9-7-16(8-10-17)24-20(28)26-13-11-18(12-14-26)23-19(27)22-15-5-3-2-4-6-15/h7-10,15,18H,2-6,11-14H2,1H3,(H,24,28)(H,25,29)(H2,22,23,27). The molecule has 1 saturated heterocycles. The van der Waals surface area contributed by atoms with Gasteiger partial charge in [0.2, 0.25) is 0 Å². The number of anilines is 2. The highest BCUT2D eigenvalue weighted by atomic mass is 16.5. The number of carbonyl (C=O) groups is 3. The van der Waals surface area contributed by atoms with Gasteiger partial charge in [-0.15, -0.1) is 0 Å². The number of likely N-dealkylation sites (tertiary alicyclic amines) is 1. The van der Waals surface area contributed by atoms with Crippen LogP contribution in [0.15, 0.2) is 24.3 Å². The Kier molecular flexibility index (Phi) is 7.75. The summed E-state index contributed by atoms with van der Waals surface area (Å²) >= 11 is 0. The van der Waals surface area contributed by atoms with E-state index in [1.807, 2.05) is 0 Å². The van der Waals surface area contributed by atoms with Crippen LogP contribution in [0.2, 0.25) is 0 Å². The van der Waals surface area contributed by atoms with Crippen molar-refractivity contribution in [3.8, 4) is 0 Å². The van der Waals surface area contributed by atoms with Crippen LogP contribution >= 0.6 is 0 Å². The minimum Gasteiger partial charge on any atom is -0.453 e. The first-order chi connectivity index (χ1) is 14.5. The third kappa shape index (κ3) is 6.53. The Hall–Kier alpha value is -2.97. The average molecular weight is 418 g/mol. The number of carbonyl (C=O) groups excluding carboxylic acids is 3. The second-order valence-electron chi connectivity index (χ2n) is 7.84. The first-order valence-corrected chi connectivity index (χ1v) is 10.6. The number of benzene rings is 1. The van der Waals surface area contributed by atoms with E-state index in [4.69, 9.17) is 0 Å². The lowest BCUT2D eigenvalue weighted by Gasteiger charge is -2.33. The lowest BCUT2D eigenvalue weighted by molar-refractivity contribution is 0.185. The Bertz CT molecular complexity index is 725. The van der Waals surface area contributed by atoms with Crippen molar-refractivity contribution in [3.05, 3.63) is 24.3 Å². The molecule has 0 radical (unpaired) electrons. The largest absolute Gasteiger partial charge is 0.453 e. The van der Waals surface area contributed by atoms with Crippen molar-refractivity contribution in [2.24, 2.45) is 0 Å². The first-order valence-electron chi connectivity index (χ1n) is 10.6. The van der Waals surface area contributed by atoms with Crippen LogP contribution < -0.4 is 21.3 Å². The molecule has 4 N–H and O–H groups in total. The molecule has 3 rings (SSSR count). The third-order valence-corrected chi connectivity index (χ3v) is 5.63. The molecule has 1 saturated carbocycles. The van der Waals surface area contributed by atoms with Gasteiger partial charge in [-0.05, 0) is 49.9 Å². The molecule has 2 fully saturated rings. The molecular weight excluding hydrogens is 386 g/mol. The Morgan fingerprint density at radius 2 is 1.37 bits per heavy atom. The molecule has 9 nitrogen and oxygen atoms in total. The van der Waals surface area contributed by atoms with E-state index in [0.29, 0.717) is 30.5 Å². The molecule has 1 aliphatic heterocycles. The van der Waals surface area contributed by atoms with Crippen LogP contribution in [0, 0.1) is 0 Å². The number of piperidine rings is 1. The lowest BCUT2D eigenvalue weighted by atomic mass is 9.96. The summed E-state index contributed by atoms with van der Waals surface area (Å²) < 4.78 is 4.54. The summed E-state index contributed by atoms with van der Waals surface area (Å²) in [6.07, 6.45) is 6.66. The van der Waals surface area contributed by atoms with Gasteiger partial charge < -0.3 is 25.6 Å². The quantitative estimate of drug-likeness (QED) is 0.601. The number of hydrogen-bond donors (Lipinski definition) is 4.